The maximum absolute atomic E-state index is 3.67. The third-order valence-electron chi connectivity index (χ3n) is 11.4. The molecule has 2 atom stereocenters. The molecular formula is C50H80. The minimum atomic E-state index is 0.740. The first-order valence-electron chi connectivity index (χ1n) is 20.0. The second-order valence-electron chi connectivity index (χ2n) is 17.1. The van der Waals surface area contributed by atoms with Gasteiger partial charge in [-0.25, -0.2) is 0 Å². The van der Waals surface area contributed by atoms with Crippen LogP contribution in [0.1, 0.15) is 168 Å². The van der Waals surface area contributed by atoms with Gasteiger partial charge in [-0.3, -0.25) is 0 Å². The van der Waals surface area contributed by atoms with Crippen molar-refractivity contribution in [3.8, 4) is 0 Å². The lowest BCUT2D eigenvalue weighted by Crippen LogP contribution is -2.08. The van der Waals surface area contributed by atoms with Gasteiger partial charge in [-0.2, -0.15) is 0 Å². The first kappa shape index (κ1) is 45.4. The second-order valence-corrected chi connectivity index (χ2v) is 17.1. The van der Waals surface area contributed by atoms with E-state index >= 15 is 0 Å². The fraction of sp³-hybridized carbons (Fsp3) is 0.600. The Morgan fingerprint density at radius 1 is 0.700 bits per heavy atom. The van der Waals surface area contributed by atoms with Crippen molar-refractivity contribution in [1.82, 2.24) is 0 Å². The van der Waals surface area contributed by atoms with Crippen LogP contribution < -0.4 is 0 Å². The summed E-state index contributed by atoms with van der Waals surface area (Å²) in [6.07, 6.45) is 32.8. The van der Waals surface area contributed by atoms with E-state index in [1.54, 1.807) is 27.9 Å². The fourth-order valence-electron chi connectivity index (χ4n) is 6.86. The molecule has 280 valence electrons. The minimum Gasteiger partial charge on any atom is -0.0988 e. The van der Waals surface area contributed by atoms with Crippen LogP contribution in [0.4, 0.5) is 0 Å². The van der Waals surface area contributed by atoms with Gasteiger partial charge in [0.2, 0.25) is 0 Å². The van der Waals surface area contributed by atoms with Gasteiger partial charge >= 0.3 is 0 Å². The average Bonchev–Trinajstić information content (AvgIpc) is 3.73. The molecule has 0 radical (unpaired) electrons. The van der Waals surface area contributed by atoms with E-state index in [0.717, 1.165) is 35.5 Å². The number of rotatable bonds is 6. The van der Waals surface area contributed by atoms with Crippen LogP contribution in [0.15, 0.2) is 117 Å². The summed E-state index contributed by atoms with van der Waals surface area (Å²) in [5.41, 5.74) is 16.0. The van der Waals surface area contributed by atoms with Crippen molar-refractivity contribution in [2.45, 2.75) is 168 Å². The first-order valence-corrected chi connectivity index (χ1v) is 20.0. The van der Waals surface area contributed by atoms with Crippen LogP contribution in [0.25, 0.3) is 0 Å². The maximum Gasteiger partial charge on any atom is -0.0133 e. The van der Waals surface area contributed by atoms with Crippen LogP contribution in [0.3, 0.4) is 0 Å². The fourth-order valence-corrected chi connectivity index (χ4v) is 6.86. The highest BCUT2D eigenvalue weighted by Crippen LogP contribution is 2.67. The Morgan fingerprint density at radius 2 is 1.32 bits per heavy atom. The SMILES string of the molecule is C=C/C(C)=C/CC=C(C)C.CC1=CC=C(C(C)C)CC1.CC1=CCC(=C(C)C)CC1.CC1=CCC(C(C)C)=CC1.CC1=CCC2(C(C)C)CC12. The molecule has 2 unspecified atom stereocenters. The normalized spacial score (nSPS) is 22.2. The van der Waals surface area contributed by atoms with Gasteiger partial charge in [0.15, 0.2) is 0 Å². The largest absolute Gasteiger partial charge is 0.0988 e. The van der Waals surface area contributed by atoms with Gasteiger partial charge < -0.3 is 0 Å². The van der Waals surface area contributed by atoms with Crippen LogP contribution in [0.2, 0.25) is 0 Å². The van der Waals surface area contributed by atoms with Crippen molar-refractivity contribution in [2.24, 2.45) is 29.1 Å². The molecule has 5 aliphatic rings. The van der Waals surface area contributed by atoms with Gasteiger partial charge in [0.1, 0.15) is 0 Å². The van der Waals surface area contributed by atoms with Crippen molar-refractivity contribution in [2.75, 3.05) is 0 Å². The molecular weight excluding hydrogens is 601 g/mol. The Kier molecular flexibility index (Phi) is 20.9. The number of allylic oxidation sites excluding steroid dienone is 19. The van der Waals surface area contributed by atoms with E-state index in [0.29, 0.717) is 0 Å². The Bertz CT molecular complexity index is 1350. The van der Waals surface area contributed by atoms with E-state index in [9.17, 15) is 0 Å². The average molecular weight is 681 g/mol. The summed E-state index contributed by atoms with van der Waals surface area (Å²) < 4.78 is 0. The van der Waals surface area contributed by atoms with Crippen LogP contribution in [0.5, 0.6) is 0 Å². The molecule has 1 fully saturated rings. The van der Waals surface area contributed by atoms with Gasteiger partial charge in [0.05, 0.1) is 0 Å². The highest BCUT2D eigenvalue weighted by Gasteiger charge is 2.58. The molecule has 0 bridgehead atoms. The zero-order valence-electron chi connectivity index (χ0n) is 35.8. The molecule has 0 aromatic heterocycles. The molecule has 0 nitrogen and oxygen atoms in total. The van der Waals surface area contributed by atoms with E-state index in [-0.39, 0.29) is 0 Å². The lowest BCUT2D eigenvalue weighted by molar-refractivity contribution is 0.354. The van der Waals surface area contributed by atoms with E-state index in [1.165, 1.54) is 85.7 Å². The molecule has 5 aliphatic carbocycles. The quantitative estimate of drug-likeness (QED) is 0.193. The van der Waals surface area contributed by atoms with Crippen molar-refractivity contribution < 1.29 is 0 Å². The summed E-state index contributed by atoms with van der Waals surface area (Å²) in [6, 6.07) is 0. The molecule has 0 saturated heterocycles. The Labute approximate surface area is 313 Å². The summed E-state index contributed by atoms with van der Waals surface area (Å²) in [7, 11) is 0. The topological polar surface area (TPSA) is 0 Å². The molecule has 0 spiro atoms. The zero-order chi connectivity index (χ0) is 38.0. The summed E-state index contributed by atoms with van der Waals surface area (Å²) in [5, 5.41) is 0. The first-order chi connectivity index (χ1) is 23.4. The molecule has 0 amide bonds. The molecule has 5 rings (SSSR count). The predicted molar refractivity (Wildman–Crippen MR) is 230 cm³/mol. The van der Waals surface area contributed by atoms with Crippen molar-refractivity contribution in [1.29, 1.82) is 0 Å². The molecule has 50 heavy (non-hydrogen) atoms. The van der Waals surface area contributed by atoms with Crippen LogP contribution in [0, 0.1) is 29.1 Å². The Hall–Kier alpha value is -2.60. The monoisotopic (exact) mass is 681 g/mol. The van der Waals surface area contributed by atoms with Gasteiger partial charge in [-0.15, -0.1) is 0 Å². The third-order valence-corrected chi connectivity index (χ3v) is 11.4. The summed E-state index contributed by atoms with van der Waals surface area (Å²) in [6.45, 7) is 37.1. The van der Waals surface area contributed by atoms with Crippen molar-refractivity contribution >= 4 is 0 Å². The maximum atomic E-state index is 3.67. The Morgan fingerprint density at radius 3 is 1.68 bits per heavy atom. The Balaban J connectivity index is 0.000000312. The highest BCUT2D eigenvalue weighted by atomic mass is 14.6. The lowest BCUT2D eigenvalue weighted by Gasteiger charge is -2.15. The highest BCUT2D eigenvalue weighted by molar-refractivity contribution is 5.29. The van der Waals surface area contributed by atoms with Crippen LogP contribution in [-0.2, 0) is 0 Å². The van der Waals surface area contributed by atoms with Gasteiger partial charge in [0.25, 0.3) is 0 Å². The number of fused-ring (bicyclic) bond motifs is 1. The van der Waals surface area contributed by atoms with E-state index < -0.39 is 0 Å². The molecule has 0 N–H and O–H groups in total. The molecule has 0 aromatic carbocycles. The summed E-state index contributed by atoms with van der Waals surface area (Å²) in [4.78, 5) is 0. The lowest BCUT2D eigenvalue weighted by atomic mass is 9.89. The minimum absolute atomic E-state index is 0.740. The van der Waals surface area contributed by atoms with Crippen molar-refractivity contribution in [3.63, 3.8) is 0 Å². The molecule has 0 heteroatoms. The van der Waals surface area contributed by atoms with E-state index in [2.05, 4.69) is 159 Å². The molecule has 0 aliphatic heterocycles. The third kappa shape index (κ3) is 17.1. The zero-order valence-corrected chi connectivity index (χ0v) is 35.8. The van der Waals surface area contributed by atoms with Crippen molar-refractivity contribution in [3.05, 3.63) is 117 Å². The van der Waals surface area contributed by atoms with E-state index in [1.807, 2.05) is 6.08 Å². The van der Waals surface area contributed by atoms with Gasteiger partial charge in [-0.05, 0) is 156 Å². The van der Waals surface area contributed by atoms with Crippen LogP contribution >= 0.6 is 0 Å². The summed E-state index contributed by atoms with van der Waals surface area (Å²) in [5.74, 6) is 3.35. The number of hydrogen-bond donors (Lipinski definition) is 0. The molecule has 1 saturated carbocycles. The second kappa shape index (κ2) is 23.1. The molecule has 0 aromatic rings. The predicted octanol–water partition coefficient (Wildman–Crippen LogP) is 16.5. The van der Waals surface area contributed by atoms with Gasteiger partial charge in [-0.1, -0.05) is 159 Å². The van der Waals surface area contributed by atoms with E-state index in [4.69, 9.17) is 0 Å². The van der Waals surface area contributed by atoms with Crippen LogP contribution in [-0.4, -0.2) is 0 Å². The smallest absolute Gasteiger partial charge is 0.0133 e. The standard InChI is InChI=1S/5C10H16/c1-7(2)10-5-4-8(3)9(10)6-10;3*1-8(2)10-6-4-9(3)5-7-10;1-5-10(4)8-6-7-9(2)3/h4,7,9H,5-6H2,1-3H3;4H,5-7H2,1-3H3;4,7-8H,5-6H2,1-3H3;4,6,8H,5,7H2,1-3H3;5,7-8H,1,6H2,2-4H3/b;;;;10-8+. The van der Waals surface area contributed by atoms with Gasteiger partial charge in [0, 0.05) is 0 Å². The number of hydrogen-bond acceptors (Lipinski definition) is 0. The summed E-state index contributed by atoms with van der Waals surface area (Å²) >= 11 is 0. The molecule has 0 heterocycles.